The molecule has 4 heteroatoms. The van der Waals surface area contributed by atoms with Crippen molar-refractivity contribution in [1.82, 2.24) is 4.90 Å². The quantitative estimate of drug-likeness (QED) is 0.849. The topological polar surface area (TPSA) is 46.3 Å². The zero-order valence-corrected chi connectivity index (χ0v) is 11.6. The van der Waals surface area contributed by atoms with Crippen molar-refractivity contribution in [2.75, 3.05) is 13.1 Å². The average molecular weight is 267 g/mol. The molecule has 1 amide bonds. The van der Waals surface area contributed by atoms with E-state index in [2.05, 4.69) is 6.92 Å². The first kappa shape index (κ1) is 13.4. The molecule has 1 aromatic carbocycles. The molecule has 0 radical (unpaired) electrons. The van der Waals surface area contributed by atoms with E-state index in [1.165, 1.54) is 0 Å². The molecule has 3 nitrogen and oxygen atoms in total. The van der Waals surface area contributed by atoms with Gasteiger partial charge < -0.3 is 10.6 Å². The Labute approximate surface area is 113 Å². The Morgan fingerprint density at radius 2 is 2.17 bits per heavy atom. The summed E-state index contributed by atoms with van der Waals surface area (Å²) in [6, 6.07) is 5.60. The van der Waals surface area contributed by atoms with Crippen LogP contribution in [0.3, 0.4) is 0 Å². The van der Waals surface area contributed by atoms with Gasteiger partial charge in [0, 0.05) is 19.1 Å². The average Bonchev–Trinajstić information content (AvgIpc) is 2.26. The summed E-state index contributed by atoms with van der Waals surface area (Å²) in [4.78, 5) is 14.2. The molecule has 0 bridgehead atoms. The first-order valence-corrected chi connectivity index (χ1v) is 6.66. The number of hydrogen-bond donors (Lipinski definition) is 1. The van der Waals surface area contributed by atoms with Gasteiger partial charge >= 0.3 is 0 Å². The van der Waals surface area contributed by atoms with Crippen molar-refractivity contribution < 1.29 is 4.79 Å². The summed E-state index contributed by atoms with van der Waals surface area (Å²) >= 11 is 6.14. The molecular weight excluding hydrogens is 248 g/mol. The van der Waals surface area contributed by atoms with Gasteiger partial charge in [-0.3, -0.25) is 4.79 Å². The van der Waals surface area contributed by atoms with Crippen LogP contribution in [0.1, 0.15) is 29.3 Å². The maximum Gasteiger partial charge on any atom is 0.255 e. The number of nitrogens with two attached hydrogens (primary N) is 1. The number of carbonyl (C=O) groups excluding carboxylic acids is 1. The summed E-state index contributed by atoms with van der Waals surface area (Å²) in [5.74, 6) is 0.434. The van der Waals surface area contributed by atoms with Crippen LogP contribution in [-0.2, 0) is 0 Å². The monoisotopic (exact) mass is 266 g/mol. The maximum absolute atomic E-state index is 12.4. The van der Waals surface area contributed by atoms with E-state index in [0.717, 1.165) is 18.5 Å². The van der Waals surface area contributed by atoms with Gasteiger partial charge in [-0.25, -0.2) is 0 Å². The summed E-state index contributed by atoms with van der Waals surface area (Å²) in [5, 5.41) is 0.520. The second kappa shape index (κ2) is 5.29. The predicted molar refractivity (Wildman–Crippen MR) is 73.8 cm³/mol. The molecule has 2 atom stereocenters. The van der Waals surface area contributed by atoms with Crippen LogP contribution in [0.5, 0.6) is 0 Å². The van der Waals surface area contributed by atoms with E-state index in [1.54, 1.807) is 6.07 Å². The van der Waals surface area contributed by atoms with Gasteiger partial charge in [-0.2, -0.15) is 0 Å². The van der Waals surface area contributed by atoms with E-state index in [0.29, 0.717) is 23.0 Å². The van der Waals surface area contributed by atoms with Crippen molar-refractivity contribution in [2.45, 2.75) is 26.3 Å². The smallest absolute Gasteiger partial charge is 0.255 e. The van der Waals surface area contributed by atoms with Crippen molar-refractivity contribution in [2.24, 2.45) is 11.7 Å². The zero-order valence-electron chi connectivity index (χ0n) is 10.8. The lowest BCUT2D eigenvalue weighted by Gasteiger charge is -2.35. The second-order valence-corrected chi connectivity index (χ2v) is 5.70. The van der Waals surface area contributed by atoms with Crippen LogP contribution in [0.2, 0.25) is 5.02 Å². The number of amides is 1. The number of piperidine rings is 1. The van der Waals surface area contributed by atoms with Crippen molar-refractivity contribution in [3.63, 3.8) is 0 Å². The SMILES string of the molecule is Cc1ccc(C(=O)N2CC(C)CC(N)C2)c(Cl)c1. The van der Waals surface area contributed by atoms with Gasteiger partial charge in [0.1, 0.15) is 0 Å². The van der Waals surface area contributed by atoms with E-state index in [9.17, 15) is 4.79 Å². The van der Waals surface area contributed by atoms with Gasteiger partial charge in [-0.1, -0.05) is 24.6 Å². The lowest BCUT2D eigenvalue weighted by Crippen LogP contribution is -2.48. The highest BCUT2D eigenvalue weighted by Crippen LogP contribution is 2.22. The van der Waals surface area contributed by atoms with E-state index < -0.39 is 0 Å². The van der Waals surface area contributed by atoms with Crippen LogP contribution in [0.4, 0.5) is 0 Å². The van der Waals surface area contributed by atoms with Crippen LogP contribution in [0.15, 0.2) is 18.2 Å². The minimum atomic E-state index is -0.0120. The molecule has 2 rings (SSSR count). The molecule has 1 aromatic rings. The summed E-state index contributed by atoms with van der Waals surface area (Å²) in [7, 11) is 0. The molecule has 1 fully saturated rings. The van der Waals surface area contributed by atoms with E-state index >= 15 is 0 Å². The van der Waals surface area contributed by atoms with Gasteiger partial charge in [-0.15, -0.1) is 0 Å². The Morgan fingerprint density at radius 3 is 2.78 bits per heavy atom. The molecule has 18 heavy (non-hydrogen) atoms. The highest BCUT2D eigenvalue weighted by molar-refractivity contribution is 6.33. The molecule has 2 N–H and O–H groups in total. The Balaban J connectivity index is 2.20. The summed E-state index contributed by atoms with van der Waals surface area (Å²) in [6.07, 6.45) is 0.978. The third-order valence-electron chi connectivity index (χ3n) is 3.33. The van der Waals surface area contributed by atoms with Crippen LogP contribution in [0.25, 0.3) is 0 Å². The Kier molecular flexibility index (Phi) is 3.93. The largest absolute Gasteiger partial charge is 0.337 e. The minimum Gasteiger partial charge on any atom is -0.337 e. The van der Waals surface area contributed by atoms with E-state index in [-0.39, 0.29) is 11.9 Å². The lowest BCUT2D eigenvalue weighted by atomic mass is 9.96. The number of nitrogens with zero attached hydrogens (tertiary/aromatic N) is 1. The third kappa shape index (κ3) is 2.85. The molecule has 98 valence electrons. The van der Waals surface area contributed by atoms with E-state index in [4.69, 9.17) is 17.3 Å². The maximum atomic E-state index is 12.4. The Hall–Kier alpha value is -1.06. The van der Waals surface area contributed by atoms with Gasteiger partial charge in [0.2, 0.25) is 0 Å². The fourth-order valence-corrected chi connectivity index (χ4v) is 2.85. The molecule has 1 heterocycles. The molecule has 1 aliphatic rings. The van der Waals surface area contributed by atoms with Crippen LogP contribution in [-0.4, -0.2) is 29.9 Å². The van der Waals surface area contributed by atoms with Gasteiger partial charge in [0.05, 0.1) is 10.6 Å². The van der Waals surface area contributed by atoms with Crippen molar-refractivity contribution in [3.8, 4) is 0 Å². The van der Waals surface area contributed by atoms with Crippen LogP contribution >= 0.6 is 11.6 Å². The van der Waals surface area contributed by atoms with Crippen molar-refractivity contribution in [1.29, 1.82) is 0 Å². The number of benzene rings is 1. The summed E-state index contributed by atoms with van der Waals surface area (Å²) < 4.78 is 0. The fraction of sp³-hybridized carbons (Fsp3) is 0.500. The highest BCUT2D eigenvalue weighted by atomic mass is 35.5. The molecule has 2 unspecified atom stereocenters. The predicted octanol–water partition coefficient (Wildman–Crippen LogP) is 2.46. The number of likely N-dealkylation sites (tertiary alicyclic amines) is 1. The first-order chi connectivity index (χ1) is 8.47. The first-order valence-electron chi connectivity index (χ1n) is 6.28. The van der Waals surface area contributed by atoms with E-state index in [1.807, 2.05) is 24.0 Å². The molecule has 0 aliphatic carbocycles. The highest BCUT2D eigenvalue weighted by Gasteiger charge is 2.27. The number of rotatable bonds is 1. The summed E-state index contributed by atoms with van der Waals surface area (Å²) in [5.41, 5.74) is 7.60. The lowest BCUT2D eigenvalue weighted by molar-refractivity contribution is 0.0661. The summed E-state index contributed by atoms with van der Waals surface area (Å²) in [6.45, 7) is 5.46. The third-order valence-corrected chi connectivity index (χ3v) is 3.65. The van der Waals surface area contributed by atoms with Crippen LogP contribution in [0, 0.1) is 12.8 Å². The van der Waals surface area contributed by atoms with Crippen LogP contribution < -0.4 is 5.73 Å². The Morgan fingerprint density at radius 1 is 1.44 bits per heavy atom. The fourth-order valence-electron chi connectivity index (χ4n) is 2.53. The minimum absolute atomic E-state index is 0.0120. The standard InChI is InChI=1S/C14H19ClN2O/c1-9-3-4-12(13(15)6-9)14(18)17-7-10(2)5-11(16)8-17/h3-4,6,10-11H,5,7-8,16H2,1-2H3. The molecule has 0 aromatic heterocycles. The number of hydrogen-bond acceptors (Lipinski definition) is 2. The molecule has 1 saturated heterocycles. The number of carbonyl (C=O) groups is 1. The van der Waals surface area contributed by atoms with Gasteiger partial charge in [0.15, 0.2) is 0 Å². The molecular formula is C14H19ClN2O. The molecule has 1 aliphatic heterocycles. The van der Waals surface area contributed by atoms with Gasteiger partial charge in [-0.05, 0) is 37.0 Å². The second-order valence-electron chi connectivity index (χ2n) is 5.29. The van der Waals surface area contributed by atoms with Crippen molar-refractivity contribution >= 4 is 17.5 Å². The zero-order chi connectivity index (χ0) is 13.3. The van der Waals surface area contributed by atoms with Gasteiger partial charge in [0.25, 0.3) is 5.91 Å². The molecule has 0 spiro atoms. The number of halogens is 1. The Bertz CT molecular complexity index is 451. The van der Waals surface area contributed by atoms with Crippen molar-refractivity contribution in [3.05, 3.63) is 34.3 Å². The molecule has 0 saturated carbocycles. The normalized spacial score (nSPS) is 24.1. The number of aryl methyl sites for hydroxylation is 1.